The average molecular weight is 268 g/mol. The topological polar surface area (TPSA) is 21.3 Å². The fourth-order valence-electron chi connectivity index (χ4n) is 2.10. The number of hydrogen-bond donors (Lipinski definition) is 1. The molecule has 1 aromatic rings. The van der Waals surface area contributed by atoms with Gasteiger partial charge in [-0.3, -0.25) is 0 Å². The predicted molar refractivity (Wildman–Crippen MR) is 63.3 cm³/mol. The first-order valence-corrected chi connectivity index (χ1v) is 6.22. The summed E-state index contributed by atoms with van der Waals surface area (Å²) in [5.41, 5.74) is 2.60. The van der Waals surface area contributed by atoms with Crippen LogP contribution in [0.1, 0.15) is 30.0 Å². The normalized spacial score (nSPS) is 23.7. The quantitative estimate of drug-likeness (QED) is 0.890. The molecule has 1 atom stereocenters. The van der Waals surface area contributed by atoms with Crippen molar-refractivity contribution >= 4 is 15.9 Å². The van der Waals surface area contributed by atoms with Crippen LogP contribution in [0.5, 0.6) is 5.75 Å². The zero-order valence-corrected chi connectivity index (χ0v) is 10.3. The molecule has 1 N–H and O–H groups in total. The van der Waals surface area contributed by atoms with E-state index in [-0.39, 0.29) is 0 Å². The molecule has 0 saturated heterocycles. The molecule has 0 aromatic heterocycles. The van der Waals surface area contributed by atoms with E-state index < -0.39 is 0 Å². The highest BCUT2D eigenvalue weighted by molar-refractivity contribution is 9.10. The number of halogens is 1. The van der Waals surface area contributed by atoms with Gasteiger partial charge in [0, 0.05) is 11.6 Å². The maximum atomic E-state index is 5.72. The molecular formula is C12H14BrNO. The van der Waals surface area contributed by atoms with E-state index in [1.165, 1.54) is 24.0 Å². The number of ether oxygens (including phenoxy) is 1. The minimum atomic E-state index is 0.392. The van der Waals surface area contributed by atoms with Gasteiger partial charge in [-0.1, -0.05) is 6.07 Å². The van der Waals surface area contributed by atoms with Crippen molar-refractivity contribution in [3.05, 3.63) is 27.7 Å². The third kappa shape index (κ3) is 1.79. The van der Waals surface area contributed by atoms with Crippen LogP contribution in [-0.2, 0) is 0 Å². The van der Waals surface area contributed by atoms with Crippen molar-refractivity contribution in [1.82, 2.24) is 5.32 Å². The molecule has 80 valence electrons. The second kappa shape index (κ2) is 3.49. The number of fused-ring (bicyclic) bond motifs is 1. The summed E-state index contributed by atoms with van der Waals surface area (Å²) < 4.78 is 6.80. The molecule has 2 aliphatic rings. The predicted octanol–water partition coefficient (Wildman–Crippen LogP) is 2.94. The maximum Gasteiger partial charge on any atom is 0.138 e. The zero-order chi connectivity index (χ0) is 10.4. The van der Waals surface area contributed by atoms with E-state index in [0.29, 0.717) is 6.04 Å². The number of hydrogen-bond acceptors (Lipinski definition) is 2. The molecule has 2 nitrogen and oxygen atoms in total. The molecule has 3 rings (SSSR count). The van der Waals surface area contributed by atoms with E-state index in [0.717, 1.165) is 22.9 Å². The van der Waals surface area contributed by atoms with Gasteiger partial charge in [0.25, 0.3) is 0 Å². The van der Waals surface area contributed by atoms with Gasteiger partial charge in [-0.15, -0.1) is 0 Å². The van der Waals surface area contributed by atoms with Gasteiger partial charge in [-0.05, 0) is 47.3 Å². The summed E-state index contributed by atoms with van der Waals surface area (Å²) in [6, 6.07) is 5.46. The van der Waals surface area contributed by atoms with E-state index >= 15 is 0 Å². The molecule has 15 heavy (non-hydrogen) atoms. The van der Waals surface area contributed by atoms with Crippen LogP contribution in [0.4, 0.5) is 0 Å². The van der Waals surface area contributed by atoms with Crippen LogP contribution >= 0.6 is 15.9 Å². The summed E-state index contributed by atoms with van der Waals surface area (Å²) in [5, 5.41) is 3.62. The molecule has 1 heterocycles. The fraction of sp³-hybridized carbons (Fsp3) is 0.500. The lowest BCUT2D eigenvalue weighted by molar-refractivity contribution is 0.309. The molecule has 1 unspecified atom stereocenters. The van der Waals surface area contributed by atoms with E-state index in [1.54, 1.807) is 0 Å². The molecule has 0 amide bonds. The van der Waals surface area contributed by atoms with Gasteiger partial charge in [0.05, 0.1) is 10.5 Å². The van der Waals surface area contributed by atoms with Crippen molar-refractivity contribution in [3.8, 4) is 5.75 Å². The van der Waals surface area contributed by atoms with Gasteiger partial charge >= 0.3 is 0 Å². The first-order valence-electron chi connectivity index (χ1n) is 5.43. The molecule has 0 spiro atoms. The number of rotatable bonds is 2. The second-order valence-corrected chi connectivity index (χ2v) is 5.32. The highest BCUT2D eigenvalue weighted by Gasteiger charge is 2.31. The summed E-state index contributed by atoms with van der Waals surface area (Å²) in [6.07, 6.45) is 2.64. The fourth-order valence-corrected chi connectivity index (χ4v) is 2.80. The monoisotopic (exact) mass is 267 g/mol. The molecular weight excluding hydrogens is 254 g/mol. The van der Waals surface area contributed by atoms with Gasteiger partial charge < -0.3 is 10.1 Å². The first-order chi connectivity index (χ1) is 7.24. The zero-order valence-electron chi connectivity index (χ0n) is 8.72. The summed E-state index contributed by atoms with van der Waals surface area (Å²) in [6.45, 7) is 2.89. The Balaban J connectivity index is 1.93. The molecule has 1 aliphatic carbocycles. The van der Waals surface area contributed by atoms with E-state index in [4.69, 9.17) is 4.74 Å². The van der Waals surface area contributed by atoms with Crippen molar-refractivity contribution in [2.24, 2.45) is 0 Å². The third-order valence-electron chi connectivity index (χ3n) is 3.00. The highest BCUT2D eigenvalue weighted by atomic mass is 79.9. The van der Waals surface area contributed by atoms with Crippen molar-refractivity contribution in [2.45, 2.75) is 31.8 Å². The SMILES string of the molecule is Cc1cc(Br)c2c(c1)C(NC1CC1)CO2. The summed E-state index contributed by atoms with van der Waals surface area (Å²) in [5.74, 6) is 1.03. The molecule has 1 fully saturated rings. The third-order valence-corrected chi connectivity index (χ3v) is 3.59. The molecule has 1 aromatic carbocycles. The summed E-state index contributed by atoms with van der Waals surface area (Å²) in [4.78, 5) is 0. The van der Waals surface area contributed by atoms with Crippen LogP contribution in [-0.4, -0.2) is 12.6 Å². The number of aryl methyl sites for hydroxylation is 1. The summed E-state index contributed by atoms with van der Waals surface area (Å²) >= 11 is 3.55. The Morgan fingerprint density at radius 3 is 2.93 bits per heavy atom. The number of benzene rings is 1. The lowest BCUT2D eigenvalue weighted by Crippen LogP contribution is -2.24. The van der Waals surface area contributed by atoms with Crippen LogP contribution in [0.3, 0.4) is 0 Å². The molecule has 0 radical (unpaired) electrons. The molecule has 3 heteroatoms. The number of nitrogens with one attached hydrogen (secondary N) is 1. The average Bonchev–Trinajstić information content (AvgIpc) is 2.89. The Hall–Kier alpha value is -0.540. The maximum absolute atomic E-state index is 5.72. The van der Waals surface area contributed by atoms with E-state index in [9.17, 15) is 0 Å². The Kier molecular flexibility index (Phi) is 2.25. The van der Waals surface area contributed by atoms with E-state index in [1.807, 2.05) is 0 Å². The van der Waals surface area contributed by atoms with Crippen LogP contribution in [0.15, 0.2) is 16.6 Å². The van der Waals surface area contributed by atoms with Gasteiger partial charge in [0.15, 0.2) is 0 Å². The van der Waals surface area contributed by atoms with Crippen molar-refractivity contribution in [3.63, 3.8) is 0 Å². The van der Waals surface area contributed by atoms with Crippen molar-refractivity contribution in [2.75, 3.05) is 6.61 Å². The standard InChI is InChI=1S/C12H14BrNO/c1-7-4-9-11(14-8-2-3-8)6-15-12(9)10(13)5-7/h4-5,8,11,14H,2-3,6H2,1H3. The lowest BCUT2D eigenvalue weighted by atomic mass is 10.1. The molecule has 1 saturated carbocycles. The minimum Gasteiger partial charge on any atom is -0.490 e. The van der Waals surface area contributed by atoms with Crippen LogP contribution in [0, 0.1) is 6.92 Å². The lowest BCUT2D eigenvalue weighted by Gasteiger charge is -2.10. The Labute approximate surface area is 98.1 Å². The van der Waals surface area contributed by atoms with E-state index in [2.05, 4.69) is 40.3 Å². The first kappa shape index (κ1) is 9.67. The Morgan fingerprint density at radius 2 is 2.20 bits per heavy atom. The van der Waals surface area contributed by atoms with Gasteiger partial charge in [-0.2, -0.15) is 0 Å². The molecule has 1 aliphatic heterocycles. The van der Waals surface area contributed by atoms with Gasteiger partial charge in [0.2, 0.25) is 0 Å². The minimum absolute atomic E-state index is 0.392. The van der Waals surface area contributed by atoms with Gasteiger partial charge in [-0.25, -0.2) is 0 Å². The highest BCUT2D eigenvalue weighted by Crippen LogP contribution is 2.40. The largest absolute Gasteiger partial charge is 0.490 e. The molecule has 0 bridgehead atoms. The van der Waals surface area contributed by atoms with Crippen LogP contribution in [0.25, 0.3) is 0 Å². The second-order valence-electron chi connectivity index (χ2n) is 4.47. The summed E-state index contributed by atoms with van der Waals surface area (Å²) in [7, 11) is 0. The van der Waals surface area contributed by atoms with Crippen LogP contribution in [0.2, 0.25) is 0 Å². The van der Waals surface area contributed by atoms with Crippen molar-refractivity contribution < 1.29 is 4.74 Å². The van der Waals surface area contributed by atoms with Gasteiger partial charge in [0.1, 0.15) is 12.4 Å². The van der Waals surface area contributed by atoms with Crippen molar-refractivity contribution in [1.29, 1.82) is 0 Å². The Bertz CT molecular complexity index is 401. The Morgan fingerprint density at radius 1 is 1.40 bits per heavy atom. The smallest absolute Gasteiger partial charge is 0.138 e. The van der Waals surface area contributed by atoms with Crippen LogP contribution < -0.4 is 10.1 Å².